The number of epoxide rings is 1. The molecule has 4 rings (SSSR count). The van der Waals surface area contributed by atoms with Crippen LogP contribution in [0.3, 0.4) is 0 Å². The maximum Gasteiger partial charge on any atom is 0.316 e. The Labute approximate surface area is 151 Å². The van der Waals surface area contributed by atoms with Crippen LogP contribution in [-0.4, -0.2) is 59.8 Å². The number of hydrogen-bond donors (Lipinski definition) is 1. The third kappa shape index (κ3) is 2.78. The predicted octanol–water partition coefficient (Wildman–Crippen LogP) is 1.51. The second-order valence-electron chi connectivity index (χ2n) is 6.94. The van der Waals surface area contributed by atoms with E-state index >= 15 is 0 Å². The Morgan fingerprint density at radius 2 is 1.92 bits per heavy atom. The van der Waals surface area contributed by atoms with E-state index in [0.717, 1.165) is 5.56 Å². The average Bonchev–Trinajstić information content (AvgIpc) is 3.27. The maximum absolute atomic E-state index is 12.6. The highest BCUT2D eigenvalue weighted by Gasteiger charge is 2.69. The largest absolute Gasteiger partial charge is 0.632 e. The molecule has 24 heavy (non-hydrogen) atoms. The van der Waals surface area contributed by atoms with E-state index < -0.39 is 11.9 Å². The molecule has 1 N–H and O–H groups in total. The van der Waals surface area contributed by atoms with Gasteiger partial charge in [0, 0.05) is 12.8 Å². The second-order valence-corrected chi connectivity index (χ2v) is 6.94. The van der Waals surface area contributed by atoms with Crippen molar-refractivity contribution in [2.24, 2.45) is 0 Å². The molecule has 0 aliphatic carbocycles. The quantitative estimate of drug-likeness (QED) is 0.359. The maximum atomic E-state index is 12.6. The van der Waals surface area contributed by atoms with Gasteiger partial charge in [0.15, 0.2) is 0 Å². The van der Waals surface area contributed by atoms with Crippen molar-refractivity contribution < 1.29 is 24.0 Å². The van der Waals surface area contributed by atoms with Crippen LogP contribution in [0, 0.1) is 5.21 Å². The number of ether oxygens (including phenoxy) is 2. The van der Waals surface area contributed by atoms with Crippen LogP contribution in [0.4, 0.5) is 0 Å². The van der Waals surface area contributed by atoms with Crippen molar-refractivity contribution in [2.75, 3.05) is 13.7 Å². The monoisotopic (exact) mass is 399 g/mol. The highest BCUT2D eigenvalue weighted by molar-refractivity contribution is 8.93. The molecular formula is C17H22BrNO5. The lowest BCUT2D eigenvalue weighted by atomic mass is 9.97. The molecule has 0 radical (unpaired) electrons. The SMILES string of the molecule is Br.C[N+]1([O-])[C@@H]2CC(OC(=O)[C@H](CO)c3ccccc3)C[C@@H]1[C@H]1O[C@H]12. The summed E-state index contributed by atoms with van der Waals surface area (Å²) in [6, 6.07) is 8.86. The Kier molecular flexibility index (Phi) is 4.74. The van der Waals surface area contributed by atoms with Crippen molar-refractivity contribution in [1.82, 2.24) is 0 Å². The number of hydroxylamine groups is 3. The number of esters is 1. The second kappa shape index (κ2) is 6.38. The summed E-state index contributed by atoms with van der Waals surface area (Å²) in [6.07, 6.45) is 0.891. The zero-order chi connectivity index (χ0) is 16.2. The number of carbonyl (C=O) groups is 1. The van der Waals surface area contributed by atoms with Crippen molar-refractivity contribution in [3.8, 4) is 0 Å². The summed E-state index contributed by atoms with van der Waals surface area (Å²) in [5.41, 5.74) is 0.745. The van der Waals surface area contributed by atoms with Crippen molar-refractivity contribution in [3.63, 3.8) is 0 Å². The molecule has 3 fully saturated rings. The highest BCUT2D eigenvalue weighted by Crippen LogP contribution is 2.52. The molecule has 1 aromatic rings. The van der Waals surface area contributed by atoms with E-state index in [0.29, 0.717) is 12.8 Å². The molecule has 1 aromatic carbocycles. The van der Waals surface area contributed by atoms with Crippen LogP contribution < -0.4 is 0 Å². The summed E-state index contributed by atoms with van der Waals surface area (Å²) in [5.74, 6) is -1.09. The number of benzene rings is 1. The van der Waals surface area contributed by atoms with Crippen molar-refractivity contribution in [3.05, 3.63) is 41.1 Å². The molecule has 3 heterocycles. The number of nitrogens with zero attached hydrogens (tertiary/aromatic N) is 1. The van der Waals surface area contributed by atoms with E-state index in [1.165, 1.54) is 0 Å². The number of piperidine rings is 1. The van der Waals surface area contributed by atoms with Crippen molar-refractivity contribution >= 4 is 23.0 Å². The van der Waals surface area contributed by atoms with Gasteiger partial charge in [-0.15, -0.1) is 17.0 Å². The summed E-state index contributed by atoms with van der Waals surface area (Å²) in [7, 11) is 1.70. The van der Waals surface area contributed by atoms with Crippen LogP contribution >= 0.6 is 17.0 Å². The Morgan fingerprint density at radius 1 is 1.33 bits per heavy atom. The van der Waals surface area contributed by atoms with E-state index in [9.17, 15) is 15.1 Å². The van der Waals surface area contributed by atoms with Crippen LogP contribution in [-0.2, 0) is 14.3 Å². The minimum Gasteiger partial charge on any atom is -0.632 e. The molecule has 132 valence electrons. The zero-order valence-electron chi connectivity index (χ0n) is 13.4. The summed E-state index contributed by atoms with van der Waals surface area (Å²) >= 11 is 0. The van der Waals surface area contributed by atoms with E-state index in [1.54, 1.807) is 19.2 Å². The molecule has 7 heteroatoms. The number of hydrogen-bond acceptors (Lipinski definition) is 5. The van der Waals surface area contributed by atoms with Crippen LogP contribution in [0.5, 0.6) is 0 Å². The first-order valence-corrected chi connectivity index (χ1v) is 8.11. The van der Waals surface area contributed by atoms with E-state index in [1.807, 2.05) is 18.2 Å². The number of halogens is 1. The summed E-state index contributed by atoms with van der Waals surface area (Å²) in [4.78, 5) is 12.4. The number of aliphatic hydroxyl groups excluding tert-OH is 1. The molecule has 2 unspecified atom stereocenters. The Hall–Kier alpha value is -0.990. The summed E-state index contributed by atoms with van der Waals surface area (Å²) in [6.45, 7) is -0.286. The minimum absolute atomic E-state index is 0. The fourth-order valence-corrected chi connectivity index (χ4v) is 4.25. The van der Waals surface area contributed by atoms with Gasteiger partial charge in [-0.25, -0.2) is 0 Å². The number of carbonyl (C=O) groups excluding carboxylic acids is 1. The van der Waals surface area contributed by atoms with Crippen LogP contribution in [0.1, 0.15) is 24.3 Å². The van der Waals surface area contributed by atoms with Crippen LogP contribution in [0.25, 0.3) is 0 Å². The molecule has 2 bridgehead atoms. The molecule has 3 saturated heterocycles. The number of likely N-dealkylation sites (N-methyl/N-ethyl adjacent to an activating group) is 1. The summed E-state index contributed by atoms with van der Waals surface area (Å²) in [5, 5.41) is 22.2. The summed E-state index contributed by atoms with van der Waals surface area (Å²) < 4.78 is 10.9. The van der Waals surface area contributed by atoms with E-state index in [4.69, 9.17) is 9.47 Å². The lowest BCUT2D eigenvalue weighted by molar-refractivity contribution is -0.911. The van der Waals surface area contributed by atoms with Gasteiger partial charge >= 0.3 is 5.97 Å². The third-order valence-corrected chi connectivity index (χ3v) is 5.60. The van der Waals surface area contributed by atoms with Gasteiger partial charge in [0.2, 0.25) is 0 Å². The topological polar surface area (TPSA) is 82.1 Å². The fraction of sp³-hybridized carbons (Fsp3) is 0.588. The number of fused-ring (bicyclic) bond motifs is 5. The Balaban J connectivity index is 0.00000169. The number of quaternary nitrogens is 1. The van der Waals surface area contributed by atoms with Crippen LogP contribution in [0.15, 0.2) is 30.3 Å². The van der Waals surface area contributed by atoms with Crippen molar-refractivity contribution in [2.45, 2.75) is 49.2 Å². The molecule has 0 aromatic heterocycles. The molecule has 6 nitrogen and oxygen atoms in total. The van der Waals surface area contributed by atoms with E-state index in [2.05, 4.69) is 0 Å². The standard InChI is InChI=1S/C17H21NO5.BrH/c1-18(21)13-7-11(8-14(18)16-15(13)23-16)22-17(20)12(9-19)10-5-3-2-4-6-10;/h2-6,11-16,19H,7-9H2,1H3;1H/t11?,12-,13-,14-,15-,16+,18?;/m1./s1. The van der Waals surface area contributed by atoms with Gasteiger partial charge in [-0.3, -0.25) is 4.79 Å². The van der Waals surface area contributed by atoms with Gasteiger partial charge in [0.05, 0.1) is 13.7 Å². The third-order valence-electron chi connectivity index (χ3n) is 5.60. The lowest BCUT2D eigenvalue weighted by Crippen LogP contribution is -2.58. The fourth-order valence-electron chi connectivity index (χ4n) is 4.25. The van der Waals surface area contributed by atoms with Gasteiger partial charge in [0.25, 0.3) is 0 Å². The average molecular weight is 400 g/mol. The molecule has 3 aliphatic rings. The smallest absolute Gasteiger partial charge is 0.316 e. The Morgan fingerprint density at radius 3 is 2.46 bits per heavy atom. The molecule has 0 saturated carbocycles. The number of aliphatic hydroxyl groups is 1. The molecule has 0 spiro atoms. The first kappa shape index (κ1) is 17.8. The van der Waals surface area contributed by atoms with Gasteiger partial charge in [-0.05, 0) is 5.56 Å². The first-order valence-electron chi connectivity index (χ1n) is 8.11. The van der Waals surface area contributed by atoms with Crippen LogP contribution in [0.2, 0.25) is 0 Å². The first-order chi connectivity index (χ1) is 11.0. The van der Waals surface area contributed by atoms with Gasteiger partial charge < -0.3 is 24.4 Å². The van der Waals surface area contributed by atoms with Crippen molar-refractivity contribution in [1.29, 1.82) is 0 Å². The highest BCUT2D eigenvalue weighted by atomic mass is 79.9. The van der Waals surface area contributed by atoms with E-state index in [-0.39, 0.29) is 58.6 Å². The normalized spacial score (nSPS) is 40.2. The zero-order valence-corrected chi connectivity index (χ0v) is 15.1. The lowest BCUT2D eigenvalue weighted by Gasteiger charge is -2.51. The number of rotatable bonds is 4. The predicted molar refractivity (Wildman–Crippen MR) is 91.5 cm³/mol. The molecule has 7 atom stereocenters. The molecular weight excluding hydrogens is 378 g/mol. The molecule has 0 amide bonds. The number of morpholine rings is 1. The van der Waals surface area contributed by atoms with Gasteiger partial charge in [-0.2, -0.15) is 0 Å². The molecule has 3 aliphatic heterocycles. The van der Waals surface area contributed by atoms with Gasteiger partial charge in [0.1, 0.15) is 36.3 Å². The minimum atomic E-state index is -0.672. The van der Waals surface area contributed by atoms with Gasteiger partial charge in [-0.1, -0.05) is 30.3 Å². The Bertz CT molecular complexity index is 590.